The van der Waals surface area contributed by atoms with Gasteiger partial charge in [-0.1, -0.05) is 39.0 Å². The first kappa shape index (κ1) is 19.1. The van der Waals surface area contributed by atoms with Crippen molar-refractivity contribution in [1.29, 1.82) is 0 Å². The van der Waals surface area contributed by atoms with Gasteiger partial charge in [-0.2, -0.15) is 10.2 Å². The van der Waals surface area contributed by atoms with Gasteiger partial charge in [-0.15, -0.1) is 0 Å². The van der Waals surface area contributed by atoms with Crippen LogP contribution in [0.3, 0.4) is 0 Å². The molecule has 0 saturated heterocycles. The van der Waals surface area contributed by atoms with E-state index in [-0.39, 0.29) is 5.41 Å². The Hall–Kier alpha value is -3.25. The van der Waals surface area contributed by atoms with Gasteiger partial charge in [0.1, 0.15) is 0 Å². The lowest BCUT2D eigenvalue weighted by Gasteiger charge is -2.18. The van der Waals surface area contributed by atoms with Crippen molar-refractivity contribution in [1.82, 2.24) is 30.3 Å². The highest BCUT2D eigenvalue weighted by Gasteiger charge is 2.20. The molecule has 0 aliphatic carbocycles. The molecule has 2 N–H and O–H groups in total. The standard InChI is InChI=1S/C23H26N6/c1-23(2,3)22-18(15-26-27-22)13-25-14-19-16-29(20-7-5-4-6-8-20)28-21(19)17-9-11-24-12-10-17/h4-12,15-16,25H,13-14H2,1-3H3,(H,26,27). The second-order valence-electron chi connectivity index (χ2n) is 8.14. The van der Waals surface area contributed by atoms with E-state index in [0.29, 0.717) is 6.54 Å². The van der Waals surface area contributed by atoms with Crippen LogP contribution in [-0.4, -0.2) is 25.0 Å². The van der Waals surface area contributed by atoms with Gasteiger partial charge in [0.2, 0.25) is 0 Å². The summed E-state index contributed by atoms with van der Waals surface area (Å²) < 4.78 is 1.94. The van der Waals surface area contributed by atoms with Gasteiger partial charge in [0.25, 0.3) is 0 Å². The lowest BCUT2D eigenvalue weighted by Crippen LogP contribution is -2.19. The second-order valence-corrected chi connectivity index (χ2v) is 8.14. The molecule has 3 heterocycles. The third-order valence-corrected chi connectivity index (χ3v) is 4.86. The summed E-state index contributed by atoms with van der Waals surface area (Å²) in [6.45, 7) is 8.02. The zero-order valence-electron chi connectivity index (χ0n) is 17.1. The summed E-state index contributed by atoms with van der Waals surface area (Å²) in [7, 11) is 0. The third kappa shape index (κ3) is 4.27. The minimum absolute atomic E-state index is 0.0356. The molecule has 0 amide bonds. The number of benzene rings is 1. The molecule has 6 heteroatoms. The van der Waals surface area contributed by atoms with Gasteiger partial charge in [0.15, 0.2) is 0 Å². The Morgan fingerprint density at radius 1 is 0.966 bits per heavy atom. The Morgan fingerprint density at radius 3 is 2.41 bits per heavy atom. The number of nitrogens with one attached hydrogen (secondary N) is 2. The largest absolute Gasteiger partial charge is 0.308 e. The topological polar surface area (TPSA) is 71.4 Å². The van der Waals surface area contributed by atoms with E-state index in [1.54, 1.807) is 12.4 Å². The number of nitrogens with zero attached hydrogens (tertiary/aromatic N) is 4. The fourth-order valence-electron chi connectivity index (χ4n) is 3.43. The number of hydrogen-bond donors (Lipinski definition) is 2. The number of rotatable bonds is 6. The van der Waals surface area contributed by atoms with Crippen molar-refractivity contribution in [3.05, 3.63) is 84.1 Å². The Labute approximate surface area is 171 Å². The van der Waals surface area contributed by atoms with Gasteiger partial charge in [0, 0.05) is 59.5 Å². The zero-order chi connectivity index (χ0) is 20.3. The Balaban J connectivity index is 1.58. The summed E-state index contributed by atoms with van der Waals surface area (Å²) in [5.74, 6) is 0. The quantitative estimate of drug-likeness (QED) is 0.520. The summed E-state index contributed by atoms with van der Waals surface area (Å²) in [6.07, 6.45) is 7.60. The molecular formula is C23H26N6. The van der Waals surface area contributed by atoms with Crippen LogP contribution in [0.15, 0.2) is 67.3 Å². The van der Waals surface area contributed by atoms with Crippen molar-refractivity contribution in [3.63, 3.8) is 0 Å². The molecule has 29 heavy (non-hydrogen) atoms. The van der Waals surface area contributed by atoms with Crippen LogP contribution in [0.1, 0.15) is 37.6 Å². The van der Waals surface area contributed by atoms with E-state index in [0.717, 1.165) is 29.1 Å². The SMILES string of the molecule is CC(C)(C)c1[nH]ncc1CNCc1cn(-c2ccccc2)nc1-c1ccncc1. The van der Waals surface area contributed by atoms with Crippen LogP contribution in [0.2, 0.25) is 0 Å². The molecule has 0 radical (unpaired) electrons. The van der Waals surface area contributed by atoms with Crippen molar-refractivity contribution in [2.75, 3.05) is 0 Å². The van der Waals surface area contributed by atoms with Crippen LogP contribution in [-0.2, 0) is 18.5 Å². The van der Waals surface area contributed by atoms with E-state index >= 15 is 0 Å². The Morgan fingerprint density at radius 2 is 1.69 bits per heavy atom. The van der Waals surface area contributed by atoms with Crippen molar-refractivity contribution in [2.45, 2.75) is 39.3 Å². The normalized spacial score (nSPS) is 11.7. The molecule has 1 aromatic carbocycles. The lowest BCUT2D eigenvalue weighted by molar-refractivity contribution is 0.553. The molecule has 3 aromatic heterocycles. The molecule has 4 rings (SSSR count). The van der Waals surface area contributed by atoms with Gasteiger partial charge in [-0.05, 0) is 24.3 Å². The van der Waals surface area contributed by atoms with Gasteiger partial charge in [-0.25, -0.2) is 4.68 Å². The van der Waals surface area contributed by atoms with Gasteiger partial charge in [0.05, 0.1) is 17.6 Å². The first-order chi connectivity index (χ1) is 14.0. The third-order valence-electron chi connectivity index (χ3n) is 4.86. The molecule has 0 bridgehead atoms. The number of para-hydroxylation sites is 1. The predicted molar refractivity (Wildman–Crippen MR) is 115 cm³/mol. The lowest BCUT2D eigenvalue weighted by atomic mass is 9.89. The van der Waals surface area contributed by atoms with Crippen molar-refractivity contribution < 1.29 is 0 Å². The van der Waals surface area contributed by atoms with Crippen LogP contribution in [0.25, 0.3) is 16.9 Å². The molecule has 0 aliphatic heterocycles. The second kappa shape index (κ2) is 8.01. The predicted octanol–water partition coefficient (Wildman–Crippen LogP) is 4.24. The van der Waals surface area contributed by atoms with E-state index in [1.807, 2.05) is 41.2 Å². The van der Waals surface area contributed by atoms with E-state index < -0.39 is 0 Å². The number of pyridine rings is 1. The van der Waals surface area contributed by atoms with Crippen LogP contribution < -0.4 is 5.32 Å². The number of aromatic amines is 1. The van der Waals surface area contributed by atoms with Gasteiger partial charge < -0.3 is 5.32 Å². The molecule has 0 saturated carbocycles. The Kier molecular flexibility index (Phi) is 5.27. The number of hydrogen-bond acceptors (Lipinski definition) is 4. The monoisotopic (exact) mass is 386 g/mol. The van der Waals surface area contributed by atoms with E-state index in [9.17, 15) is 0 Å². The van der Waals surface area contributed by atoms with E-state index in [4.69, 9.17) is 5.10 Å². The van der Waals surface area contributed by atoms with Crippen LogP contribution in [0.5, 0.6) is 0 Å². The number of aromatic nitrogens is 5. The summed E-state index contributed by atoms with van der Waals surface area (Å²) in [6, 6.07) is 14.2. The molecule has 148 valence electrons. The molecule has 6 nitrogen and oxygen atoms in total. The van der Waals surface area contributed by atoms with E-state index in [1.165, 1.54) is 11.3 Å². The molecule has 0 atom stereocenters. The van der Waals surface area contributed by atoms with Crippen molar-refractivity contribution >= 4 is 0 Å². The molecule has 0 spiro atoms. The van der Waals surface area contributed by atoms with Crippen LogP contribution in [0.4, 0.5) is 0 Å². The van der Waals surface area contributed by atoms with E-state index in [2.05, 4.69) is 59.6 Å². The van der Waals surface area contributed by atoms with Gasteiger partial charge in [-0.3, -0.25) is 10.1 Å². The summed E-state index contributed by atoms with van der Waals surface area (Å²) >= 11 is 0. The first-order valence-corrected chi connectivity index (χ1v) is 9.80. The smallest absolute Gasteiger partial charge is 0.0973 e. The summed E-state index contributed by atoms with van der Waals surface area (Å²) in [5, 5.41) is 15.8. The fourth-order valence-corrected chi connectivity index (χ4v) is 3.43. The first-order valence-electron chi connectivity index (χ1n) is 9.80. The van der Waals surface area contributed by atoms with Crippen LogP contribution >= 0.6 is 0 Å². The summed E-state index contributed by atoms with van der Waals surface area (Å²) in [4.78, 5) is 4.13. The highest BCUT2D eigenvalue weighted by Crippen LogP contribution is 2.25. The number of H-pyrrole nitrogens is 1. The molecule has 0 fully saturated rings. The van der Waals surface area contributed by atoms with Gasteiger partial charge >= 0.3 is 0 Å². The fraction of sp³-hybridized carbons (Fsp3) is 0.261. The zero-order valence-corrected chi connectivity index (χ0v) is 17.1. The highest BCUT2D eigenvalue weighted by molar-refractivity contribution is 5.62. The molecule has 0 unspecified atom stereocenters. The maximum atomic E-state index is 4.85. The average Bonchev–Trinajstić information content (AvgIpc) is 3.37. The maximum Gasteiger partial charge on any atom is 0.0973 e. The molecular weight excluding hydrogens is 360 g/mol. The minimum Gasteiger partial charge on any atom is -0.308 e. The minimum atomic E-state index is 0.0356. The average molecular weight is 387 g/mol. The summed E-state index contributed by atoms with van der Waals surface area (Å²) in [5.41, 5.74) is 6.60. The highest BCUT2D eigenvalue weighted by atomic mass is 15.3. The maximum absolute atomic E-state index is 4.85. The van der Waals surface area contributed by atoms with Crippen LogP contribution in [0, 0.1) is 0 Å². The molecule has 0 aliphatic rings. The van der Waals surface area contributed by atoms with Crippen molar-refractivity contribution in [2.24, 2.45) is 0 Å². The molecule has 4 aromatic rings. The van der Waals surface area contributed by atoms with Crippen molar-refractivity contribution in [3.8, 4) is 16.9 Å². The Bertz CT molecular complexity index is 1060.